The number of anilines is 2. The van der Waals surface area contributed by atoms with Crippen LogP contribution in [0.15, 0.2) is 42.9 Å². The molecule has 0 bridgehead atoms. The monoisotopic (exact) mass is 363 g/mol. The summed E-state index contributed by atoms with van der Waals surface area (Å²) >= 11 is 0. The molecule has 7 nitrogen and oxygen atoms in total. The van der Waals surface area contributed by atoms with Crippen LogP contribution < -0.4 is 5.32 Å². The average molecular weight is 363 g/mol. The second-order valence-electron chi connectivity index (χ2n) is 7.16. The Morgan fingerprint density at radius 1 is 1.22 bits per heavy atom. The molecule has 1 fully saturated rings. The van der Waals surface area contributed by atoms with Gasteiger partial charge in [-0.25, -0.2) is 15.0 Å². The summed E-state index contributed by atoms with van der Waals surface area (Å²) in [6.07, 6.45) is 8.15. The van der Waals surface area contributed by atoms with Gasteiger partial charge in [-0.1, -0.05) is 6.07 Å². The zero-order valence-corrected chi connectivity index (χ0v) is 15.8. The molecule has 0 radical (unpaired) electrons. The fourth-order valence-corrected chi connectivity index (χ4v) is 3.68. The summed E-state index contributed by atoms with van der Waals surface area (Å²) in [5.41, 5.74) is 2.37. The standard InChI is InChI=1S/C20H25N7/c1-15-23-18(10-20(24-15)25-19-7-3-4-8-21-19)17-6-5-9-27(14-17)13-16-11-22-26(2)12-16/h3-4,7-8,10-12,17H,5-6,9,13-14H2,1-2H3,(H,21,23,24,25)/t17-/m1/s1. The largest absolute Gasteiger partial charge is 0.325 e. The number of nitrogens with zero attached hydrogens (tertiary/aromatic N) is 6. The lowest BCUT2D eigenvalue weighted by Gasteiger charge is -2.32. The minimum absolute atomic E-state index is 0.418. The molecule has 0 aliphatic carbocycles. The Balaban J connectivity index is 1.48. The molecule has 0 saturated carbocycles. The van der Waals surface area contributed by atoms with Crippen LogP contribution in [0.3, 0.4) is 0 Å². The predicted molar refractivity (Wildman–Crippen MR) is 105 cm³/mol. The van der Waals surface area contributed by atoms with Crippen molar-refractivity contribution in [3.63, 3.8) is 0 Å². The molecule has 1 aliphatic rings. The van der Waals surface area contributed by atoms with Gasteiger partial charge in [0.25, 0.3) is 0 Å². The molecule has 27 heavy (non-hydrogen) atoms. The van der Waals surface area contributed by atoms with Crippen LogP contribution in [0.4, 0.5) is 11.6 Å². The summed E-state index contributed by atoms with van der Waals surface area (Å²) in [5.74, 6) is 2.81. The molecule has 1 saturated heterocycles. The molecule has 7 heteroatoms. The summed E-state index contributed by atoms with van der Waals surface area (Å²) in [4.78, 5) is 16.1. The van der Waals surface area contributed by atoms with Gasteiger partial charge in [-0.15, -0.1) is 0 Å². The van der Waals surface area contributed by atoms with Crippen LogP contribution in [0, 0.1) is 6.92 Å². The first-order chi connectivity index (χ1) is 13.2. The van der Waals surface area contributed by atoms with E-state index in [-0.39, 0.29) is 0 Å². The maximum absolute atomic E-state index is 4.73. The van der Waals surface area contributed by atoms with Crippen LogP contribution in [0.5, 0.6) is 0 Å². The highest BCUT2D eigenvalue weighted by molar-refractivity contribution is 5.51. The molecule has 3 aromatic rings. The fraction of sp³-hybridized carbons (Fsp3) is 0.400. The number of hydrogen-bond donors (Lipinski definition) is 1. The molecule has 4 heterocycles. The maximum atomic E-state index is 4.73. The van der Waals surface area contributed by atoms with Gasteiger partial charge in [-0.2, -0.15) is 5.10 Å². The lowest BCUT2D eigenvalue weighted by atomic mass is 9.94. The molecule has 0 spiro atoms. The van der Waals surface area contributed by atoms with E-state index in [9.17, 15) is 0 Å². The van der Waals surface area contributed by atoms with E-state index < -0.39 is 0 Å². The minimum Gasteiger partial charge on any atom is -0.325 e. The molecule has 1 atom stereocenters. The van der Waals surface area contributed by atoms with E-state index in [0.717, 1.165) is 49.2 Å². The number of pyridine rings is 1. The SMILES string of the molecule is Cc1nc(Nc2ccccn2)cc([C@@H]2CCCN(Cc3cnn(C)c3)C2)n1. The summed E-state index contributed by atoms with van der Waals surface area (Å²) in [7, 11) is 1.96. The van der Waals surface area contributed by atoms with Gasteiger partial charge < -0.3 is 5.32 Å². The van der Waals surface area contributed by atoms with Crippen molar-refractivity contribution in [2.24, 2.45) is 7.05 Å². The Morgan fingerprint density at radius 2 is 2.15 bits per heavy atom. The van der Waals surface area contributed by atoms with Crippen LogP contribution in [0.2, 0.25) is 0 Å². The average Bonchev–Trinajstić information content (AvgIpc) is 3.07. The van der Waals surface area contributed by atoms with Gasteiger partial charge >= 0.3 is 0 Å². The Kier molecular flexibility index (Phi) is 5.11. The summed E-state index contributed by atoms with van der Waals surface area (Å²) in [6, 6.07) is 7.87. The summed E-state index contributed by atoms with van der Waals surface area (Å²) in [6.45, 7) is 5.01. The molecular formula is C20H25N7. The third-order valence-corrected chi connectivity index (χ3v) is 4.87. The van der Waals surface area contributed by atoms with Crippen LogP contribution in [-0.2, 0) is 13.6 Å². The fourth-order valence-electron chi connectivity index (χ4n) is 3.68. The third-order valence-electron chi connectivity index (χ3n) is 4.87. The lowest BCUT2D eigenvalue weighted by Crippen LogP contribution is -2.34. The van der Waals surface area contributed by atoms with Crippen LogP contribution in [0.25, 0.3) is 0 Å². The normalized spacial score (nSPS) is 17.8. The van der Waals surface area contributed by atoms with E-state index in [1.807, 2.05) is 43.0 Å². The highest BCUT2D eigenvalue weighted by Gasteiger charge is 2.23. The second kappa shape index (κ2) is 7.84. The van der Waals surface area contributed by atoms with Crippen molar-refractivity contribution < 1.29 is 0 Å². The number of nitrogens with one attached hydrogen (secondary N) is 1. The van der Waals surface area contributed by atoms with E-state index in [1.165, 1.54) is 12.0 Å². The predicted octanol–water partition coefficient (Wildman–Crippen LogP) is 3.04. The highest BCUT2D eigenvalue weighted by atomic mass is 15.2. The summed E-state index contributed by atoms with van der Waals surface area (Å²) in [5, 5.41) is 7.57. The Bertz CT molecular complexity index is 890. The topological polar surface area (TPSA) is 71.8 Å². The van der Waals surface area contributed by atoms with Crippen molar-refractivity contribution in [3.05, 3.63) is 59.9 Å². The number of aromatic nitrogens is 5. The van der Waals surface area contributed by atoms with Crippen LogP contribution in [-0.4, -0.2) is 42.7 Å². The molecule has 0 unspecified atom stereocenters. The molecule has 0 aromatic carbocycles. The Labute approximate surface area is 159 Å². The van der Waals surface area contributed by atoms with E-state index in [0.29, 0.717) is 5.92 Å². The lowest BCUT2D eigenvalue weighted by molar-refractivity contribution is 0.198. The van der Waals surface area contributed by atoms with E-state index >= 15 is 0 Å². The first-order valence-electron chi connectivity index (χ1n) is 9.39. The van der Waals surface area contributed by atoms with Crippen LogP contribution >= 0.6 is 0 Å². The van der Waals surface area contributed by atoms with Crippen molar-refractivity contribution in [2.75, 3.05) is 18.4 Å². The highest BCUT2D eigenvalue weighted by Crippen LogP contribution is 2.28. The smallest absolute Gasteiger partial charge is 0.135 e. The first-order valence-corrected chi connectivity index (χ1v) is 9.39. The Morgan fingerprint density at radius 3 is 2.93 bits per heavy atom. The number of aryl methyl sites for hydroxylation is 2. The quantitative estimate of drug-likeness (QED) is 0.751. The van der Waals surface area contributed by atoms with E-state index in [1.54, 1.807) is 6.20 Å². The number of piperidine rings is 1. The van der Waals surface area contributed by atoms with Gasteiger partial charge in [0.2, 0.25) is 0 Å². The van der Waals surface area contributed by atoms with Crippen molar-refractivity contribution in [1.82, 2.24) is 29.6 Å². The van der Waals surface area contributed by atoms with Gasteiger partial charge in [0.15, 0.2) is 0 Å². The van der Waals surface area contributed by atoms with E-state index in [2.05, 4.69) is 37.5 Å². The first kappa shape index (κ1) is 17.6. The van der Waals surface area contributed by atoms with Crippen molar-refractivity contribution in [2.45, 2.75) is 32.2 Å². The summed E-state index contributed by atoms with van der Waals surface area (Å²) < 4.78 is 1.86. The number of hydrogen-bond acceptors (Lipinski definition) is 6. The molecule has 3 aromatic heterocycles. The molecule has 0 amide bonds. The van der Waals surface area contributed by atoms with Gasteiger partial charge in [-0.3, -0.25) is 9.58 Å². The second-order valence-corrected chi connectivity index (χ2v) is 7.16. The molecule has 1 aliphatic heterocycles. The van der Waals surface area contributed by atoms with Gasteiger partial charge in [0, 0.05) is 50.1 Å². The third kappa shape index (κ3) is 4.49. The van der Waals surface area contributed by atoms with Gasteiger partial charge in [0.05, 0.1) is 11.9 Å². The number of rotatable bonds is 5. The van der Waals surface area contributed by atoms with Crippen molar-refractivity contribution in [3.8, 4) is 0 Å². The van der Waals surface area contributed by atoms with Crippen molar-refractivity contribution in [1.29, 1.82) is 0 Å². The number of likely N-dealkylation sites (tertiary alicyclic amines) is 1. The molecular weight excluding hydrogens is 338 g/mol. The molecule has 140 valence electrons. The molecule has 4 rings (SSSR count). The molecule has 1 N–H and O–H groups in total. The minimum atomic E-state index is 0.418. The van der Waals surface area contributed by atoms with Crippen LogP contribution in [0.1, 0.15) is 35.8 Å². The van der Waals surface area contributed by atoms with Crippen molar-refractivity contribution >= 4 is 11.6 Å². The Hall–Kier alpha value is -2.80. The maximum Gasteiger partial charge on any atom is 0.135 e. The van der Waals surface area contributed by atoms with Gasteiger partial charge in [-0.05, 0) is 38.4 Å². The van der Waals surface area contributed by atoms with Gasteiger partial charge in [0.1, 0.15) is 17.5 Å². The zero-order valence-electron chi connectivity index (χ0n) is 15.8. The van der Waals surface area contributed by atoms with E-state index in [4.69, 9.17) is 4.98 Å². The zero-order chi connectivity index (χ0) is 18.6.